The molecule has 8 heteroatoms. The van der Waals surface area contributed by atoms with Gasteiger partial charge < -0.3 is 4.74 Å². The number of amides is 1. The Kier molecular flexibility index (Phi) is 6.81. The van der Waals surface area contributed by atoms with E-state index < -0.39 is 6.23 Å². The van der Waals surface area contributed by atoms with Gasteiger partial charge in [0.1, 0.15) is 0 Å². The van der Waals surface area contributed by atoms with Crippen molar-refractivity contribution in [3.05, 3.63) is 58.1 Å². The highest BCUT2D eigenvalue weighted by molar-refractivity contribution is 9.10. The number of benzene rings is 2. The van der Waals surface area contributed by atoms with Crippen LogP contribution >= 0.6 is 27.7 Å². The molecular formula is C24H25BrN4O2S. The molecule has 1 unspecified atom stereocenters. The summed E-state index contributed by atoms with van der Waals surface area (Å²) < 4.78 is 7.29. The number of hydrogen-bond acceptors (Lipinski definition) is 6. The number of ether oxygens (including phenoxy) is 1. The Bertz CT molecular complexity index is 1150. The fraction of sp³-hybridized carbons (Fsp3) is 0.333. The molecule has 1 amide bonds. The van der Waals surface area contributed by atoms with E-state index in [0.29, 0.717) is 22.6 Å². The molecule has 0 fully saturated rings. The van der Waals surface area contributed by atoms with Gasteiger partial charge in [0.25, 0.3) is 0 Å². The SMILES string of the molecule is CC(=O)N1c2ccc(C)cc2-c2nnc(SCCC(C)C)nc2OC1c1ccccc1Br. The van der Waals surface area contributed by atoms with E-state index in [2.05, 4.69) is 40.0 Å². The summed E-state index contributed by atoms with van der Waals surface area (Å²) in [4.78, 5) is 19.3. The first kappa shape index (κ1) is 22.7. The highest BCUT2D eigenvalue weighted by atomic mass is 79.9. The largest absolute Gasteiger partial charge is 0.447 e. The second-order valence-electron chi connectivity index (χ2n) is 8.18. The van der Waals surface area contributed by atoms with Crippen molar-refractivity contribution in [2.75, 3.05) is 10.7 Å². The van der Waals surface area contributed by atoms with E-state index in [4.69, 9.17) is 9.72 Å². The van der Waals surface area contributed by atoms with Gasteiger partial charge in [0, 0.05) is 28.3 Å². The Morgan fingerprint density at radius 3 is 2.72 bits per heavy atom. The molecule has 1 atom stereocenters. The lowest BCUT2D eigenvalue weighted by atomic mass is 10.0. The van der Waals surface area contributed by atoms with Gasteiger partial charge in [-0.25, -0.2) is 0 Å². The van der Waals surface area contributed by atoms with E-state index >= 15 is 0 Å². The van der Waals surface area contributed by atoms with Gasteiger partial charge in [-0.2, -0.15) is 4.98 Å². The maximum absolute atomic E-state index is 12.9. The summed E-state index contributed by atoms with van der Waals surface area (Å²) in [5, 5.41) is 9.42. The van der Waals surface area contributed by atoms with Crippen molar-refractivity contribution in [2.45, 2.75) is 45.5 Å². The number of hydrogen-bond donors (Lipinski definition) is 0. The van der Waals surface area contributed by atoms with Crippen molar-refractivity contribution in [1.82, 2.24) is 15.2 Å². The summed E-state index contributed by atoms with van der Waals surface area (Å²) in [5.74, 6) is 1.75. The van der Waals surface area contributed by atoms with E-state index in [0.717, 1.165) is 39.0 Å². The van der Waals surface area contributed by atoms with Crippen molar-refractivity contribution < 1.29 is 9.53 Å². The monoisotopic (exact) mass is 512 g/mol. The predicted molar refractivity (Wildman–Crippen MR) is 131 cm³/mol. The number of aromatic nitrogens is 3. The molecule has 4 rings (SSSR count). The smallest absolute Gasteiger partial charge is 0.247 e. The zero-order valence-electron chi connectivity index (χ0n) is 18.5. The van der Waals surface area contributed by atoms with Crippen LogP contribution in [0.4, 0.5) is 5.69 Å². The molecule has 6 nitrogen and oxygen atoms in total. The normalized spacial score (nSPS) is 15.1. The summed E-state index contributed by atoms with van der Waals surface area (Å²) in [6.45, 7) is 7.93. The van der Waals surface area contributed by atoms with E-state index in [9.17, 15) is 4.79 Å². The number of carbonyl (C=O) groups excluding carboxylic acids is 1. The van der Waals surface area contributed by atoms with E-state index in [1.807, 2.05) is 49.4 Å². The molecular weight excluding hydrogens is 488 g/mol. The highest BCUT2D eigenvalue weighted by Crippen LogP contribution is 2.44. The van der Waals surface area contributed by atoms with Gasteiger partial charge >= 0.3 is 0 Å². The van der Waals surface area contributed by atoms with Crippen LogP contribution in [-0.2, 0) is 4.79 Å². The third-order valence-electron chi connectivity index (χ3n) is 5.20. The van der Waals surface area contributed by atoms with Gasteiger partial charge in [-0.1, -0.05) is 71.4 Å². The fourth-order valence-electron chi connectivity index (χ4n) is 3.54. The summed E-state index contributed by atoms with van der Waals surface area (Å²) >= 11 is 5.18. The van der Waals surface area contributed by atoms with Crippen molar-refractivity contribution >= 4 is 39.3 Å². The molecule has 166 valence electrons. The van der Waals surface area contributed by atoms with Crippen molar-refractivity contribution in [2.24, 2.45) is 5.92 Å². The lowest BCUT2D eigenvalue weighted by molar-refractivity contribution is -0.118. The second-order valence-corrected chi connectivity index (χ2v) is 10.1. The Labute approximate surface area is 200 Å². The van der Waals surface area contributed by atoms with Crippen LogP contribution in [0.5, 0.6) is 5.88 Å². The number of anilines is 1. The molecule has 0 saturated carbocycles. The van der Waals surface area contributed by atoms with Gasteiger partial charge in [0.05, 0.1) is 5.69 Å². The number of carbonyl (C=O) groups is 1. The number of aryl methyl sites for hydroxylation is 1. The molecule has 0 radical (unpaired) electrons. The predicted octanol–water partition coefficient (Wildman–Crippen LogP) is 6.19. The summed E-state index contributed by atoms with van der Waals surface area (Å²) in [6, 6.07) is 13.6. The lowest BCUT2D eigenvalue weighted by Gasteiger charge is -2.30. The van der Waals surface area contributed by atoms with Gasteiger partial charge in [-0.3, -0.25) is 9.69 Å². The molecule has 2 aromatic carbocycles. The zero-order valence-corrected chi connectivity index (χ0v) is 20.9. The number of nitrogens with zero attached hydrogens (tertiary/aromatic N) is 4. The number of rotatable bonds is 5. The standard InChI is InChI=1S/C24H25BrN4O2S/c1-14(2)11-12-32-24-26-22-21(27-28-24)18-13-15(3)9-10-20(18)29(16(4)30)23(31-22)17-7-5-6-8-19(17)25/h5-10,13-14,23H,11-12H2,1-4H3. The minimum absolute atomic E-state index is 0.136. The molecule has 0 bridgehead atoms. The highest BCUT2D eigenvalue weighted by Gasteiger charge is 2.35. The first-order valence-electron chi connectivity index (χ1n) is 10.5. The van der Waals surface area contributed by atoms with Crippen LogP contribution in [0.15, 0.2) is 52.1 Å². The lowest BCUT2D eigenvalue weighted by Crippen LogP contribution is -2.36. The van der Waals surface area contributed by atoms with Crippen LogP contribution in [0, 0.1) is 12.8 Å². The molecule has 0 aliphatic carbocycles. The number of halogens is 1. The minimum atomic E-state index is -0.698. The van der Waals surface area contributed by atoms with Gasteiger partial charge in [-0.15, -0.1) is 10.2 Å². The Morgan fingerprint density at radius 2 is 2.00 bits per heavy atom. The van der Waals surface area contributed by atoms with E-state index in [1.165, 1.54) is 0 Å². The topological polar surface area (TPSA) is 68.2 Å². The van der Waals surface area contributed by atoms with Gasteiger partial charge in [-0.05, 0) is 37.5 Å². The Balaban J connectivity index is 1.86. The van der Waals surface area contributed by atoms with Crippen LogP contribution < -0.4 is 9.64 Å². The summed E-state index contributed by atoms with van der Waals surface area (Å²) in [7, 11) is 0. The zero-order chi connectivity index (χ0) is 22.8. The van der Waals surface area contributed by atoms with Crippen molar-refractivity contribution in [1.29, 1.82) is 0 Å². The fourth-order valence-corrected chi connectivity index (χ4v) is 5.04. The van der Waals surface area contributed by atoms with Crippen LogP contribution in [0.3, 0.4) is 0 Å². The molecule has 0 N–H and O–H groups in total. The number of thioether (sulfide) groups is 1. The third kappa shape index (κ3) is 4.66. The average molecular weight is 513 g/mol. The molecule has 1 aliphatic rings. The maximum atomic E-state index is 12.9. The van der Waals surface area contributed by atoms with Crippen molar-refractivity contribution in [3.8, 4) is 17.1 Å². The van der Waals surface area contributed by atoms with Gasteiger partial charge in [0.15, 0.2) is 5.69 Å². The molecule has 1 aliphatic heterocycles. The third-order valence-corrected chi connectivity index (χ3v) is 6.79. The quantitative estimate of drug-likeness (QED) is 0.379. The summed E-state index contributed by atoms with van der Waals surface area (Å²) in [6.07, 6.45) is 0.363. The summed E-state index contributed by atoms with van der Waals surface area (Å²) in [5.41, 5.74) is 3.92. The Morgan fingerprint density at radius 1 is 1.22 bits per heavy atom. The average Bonchev–Trinajstić information content (AvgIpc) is 2.88. The van der Waals surface area contributed by atoms with Crippen LogP contribution in [0.25, 0.3) is 11.3 Å². The van der Waals surface area contributed by atoms with Crippen LogP contribution in [0.1, 0.15) is 44.5 Å². The molecule has 2 heterocycles. The molecule has 0 spiro atoms. The van der Waals surface area contributed by atoms with Crippen LogP contribution in [0.2, 0.25) is 0 Å². The minimum Gasteiger partial charge on any atom is -0.447 e. The molecule has 1 aromatic heterocycles. The van der Waals surface area contributed by atoms with Crippen molar-refractivity contribution in [3.63, 3.8) is 0 Å². The van der Waals surface area contributed by atoms with E-state index in [-0.39, 0.29) is 5.91 Å². The second kappa shape index (κ2) is 9.58. The first-order chi connectivity index (χ1) is 15.3. The molecule has 32 heavy (non-hydrogen) atoms. The van der Waals surface area contributed by atoms with E-state index in [1.54, 1.807) is 23.6 Å². The first-order valence-corrected chi connectivity index (χ1v) is 12.3. The maximum Gasteiger partial charge on any atom is 0.247 e. The van der Waals surface area contributed by atoms with Crippen LogP contribution in [-0.4, -0.2) is 26.8 Å². The molecule has 0 saturated heterocycles. The molecule has 3 aromatic rings. The number of fused-ring (bicyclic) bond motifs is 3. The van der Waals surface area contributed by atoms with Gasteiger partial charge in [0.2, 0.25) is 23.2 Å². The Hall–Kier alpha value is -2.45.